The molecule has 1 aromatic heterocycles. The van der Waals surface area contributed by atoms with Gasteiger partial charge >= 0.3 is 0 Å². The average Bonchev–Trinajstić information content (AvgIpc) is 3.54. The second kappa shape index (κ2) is 10.8. The molecule has 0 spiro atoms. The minimum Gasteiger partial charge on any atom is -0.341 e. The zero-order chi connectivity index (χ0) is 29.5. The van der Waals surface area contributed by atoms with E-state index in [1.165, 1.54) is 0 Å². The number of rotatable bonds is 8. The standard InChI is InChI=1S/C31H28N4O5S2/c1-20-6-5-9-26-30(20)33-31(32-26)27(18-21-10-12-24(13-11-21)28-19-29(36)35-42(28,39)40)34-41(37,38)25-16-14-23(15-17-25)22-7-3-2-4-8-22/h2-17,27-28,34H,18-19H2,1H3,(H,32,33)(H,35,36)/t27-,28?/m0/s1. The Kier molecular flexibility index (Phi) is 7.17. The SMILES string of the molecule is Cc1cccc2[nH]c([C@H](Cc3ccc(C4CC(=O)NS4(=O)=O)cc3)NS(=O)(=O)c3ccc(-c4ccccc4)cc3)nc12. The van der Waals surface area contributed by atoms with Crippen LogP contribution in [-0.2, 0) is 31.3 Å². The molecule has 1 saturated heterocycles. The zero-order valence-electron chi connectivity index (χ0n) is 22.6. The lowest BCUT2D eigenvalue weighted by molar-refractivity contribution is -0.118. The van der Waals surface area contributed by atoms with Crippen molar-refractivity contribution >= 4 is 37.0 Å². The Balaban J connectivity index is 1.31. The van der Waals surface area contributed by atoms with Gasteiger partial charge in [0, 0.05) is 0 Å². The maximum Gasteiger partial charge on any atom is 0.242 e. The van der Waals surface area contributed by atoms with Gasteiger partial charge in [-0.15, -0.1) is 0 Å². The molecule has 0 radical (unpaired) electrons. The van der Waals surface area contributed by atoms with E-state index in [2.05, 4.69) is 9.71 Å². The summed E-state index contributed by atoms with van der Waals surface area (Å²) in [5.41, 5.74) is 5.64. The summed E-state index contributed by atoms with van der Waals surface area (Å²) in [6.45, 7) is 1.94. The molecular weight excluding hydrogens is 572 g/mol. The van der Waals surface area contributed by atoms with Gasteiger partial charge in [0.15, 0.2) is 0 Å². The van der Waals surface area contributed by atoms with Crippen LogP contribution in [-0.4, -0.2) is 32.7 Å². The van der Waals surface area contributed by atoms with E-state index >= 15 is 0 Å². The van der Waals surface area contributed by atoms with E-state index in [4.69, 9.17) is 4.98 Å². The van der Waals surface area contributed by atoms with Gasteiger partial charge in [0.2, 0.25) is 26.0 Å². The van der Waals surface area contributed by atoms with E-state index in [1.54, 1.807) is 48.5 Å². The molecule has 9 nitrogen and oxygen atoms in total. The number of aromatic amines is 1. The fourth-order valence-electron chi connectivity index (χ4n) is 5.22. The van der Waals surface area contributed by atoms with Crippen molar-refractivity contribution in [1.29, 1.82) is 0 Å². The highest BCUT2D eigenvalue weighted by molar-refractivity contribution is 7.90. The minimum absolute atomic E-state index is 0.124. The van der Waals surface area contributed by atoms with E-state index in [1.807, 2.05) is 60.2 Å². The lowest BCUT2D eigenvalue weighted by Gasteiger charge is -2.18. The molecule has 2 atom stereocenters. The number of para-hydroxylation sites is 1. The maximum atomic E-state index is 13.6. The van der Waals surface area contributed by atoms with Gasteiger partial charge in [0.1, 0.15) is 11.1 Å². The molecule has 2 heterocycles. The summed E-state index contributed by atoms with van der Waals surface area (Å²) in [6, 6.07) is 28.2. The van der Waals surface area contributed by atoms with Gasteiger partial charge in [0.05, 0.1) is 28.4 Å². The molecule has 1 amide bonds. The van der Waals surface area contributed by atoms with E-state index in [9.17, 15) is 21.6 Å². The molecule has 1 unspecified atom stereocenters. The van der Waals surface area contributed by atoms with Crippen LogP contribution in [0.15, 0.2) is 102 Å². The number of amides is 1. The number of nitrogens with one attached hydrogen (secondary N) is 3. The molecule has 3 N–H and O–H groups in total. The molecule has 0 bridgehead atoms. The number of sulfonamides is 2. The van der Waals surface area contributed by atoms with Crippen molar-refractivity contribution in [2.24, 2.45) is 0 Å². The van der Waals surface area contributed by atoms with Gasteiger partial charge in [-0.3, -0.25) is 9.52 Å². The van der Waals surface area contributed by atoms with E-state index in [0.29, 0.717) is 11.4 Å². The Morgan fingerprint density at radius 1 is 0.905 bits per heavy atom. The van der Waals surface area contributed by atoms with Crippen LogP contribution in [0.4, 0.5) is 0 Å². The molecule has 42 heavy (non-hydrogen) atoms. The summed E-state index contributed by atoms with van der Waals surface area (Å²) in [6.07, 6.45) is 0.112. The molecule has 6 rings (SSSR count). The minimum atomic E-state index is -3.95. The van der Waals surface area contributed by atoms with Crippen molar-refractivity contribution in [2.75, 3.05) is 0 Å². The maximum absolute atomic E-state index is 13.6. The number of imidazole rings is 1. The third-order valence-electron chi connectivity index (χ3n) is 7.42. The van der Waals surface area contributed by atoms with Gasteiger partial charge in [0.25, 0.3) is 0 Å². The Bertz CT molecular complexity index is 1990. The number of carbonyl (C=O) groups excluding carboxylic acids is 1. The number of fused-ring (bicyclic) bond motifs is 1. The summed E-state index contributed by atoms with van der Waals surface area (Å²) in [4.78, 5) is 19.8. The fraction of sp³-hybridized carbons (Fsp3) is 0.161. The zero-order valence-corrected chi connectivity index (χ0v) is 24.2. The van der Waals surface area contributed by atoms with Crippen molar-refractivity contribution in [3.05, 3.63) is 120 Å². The molecule has 0 saturated carbocycles. The average molecular weight is 601 g/mol. The third kappa shape index (κ3) is 5.58. The normalized spacial score (nSPS) is 17.3. The van der Waals surface area contributed by atoms with Crippen LogP contribution in [0.2, 0.25) is 0 Å². The van der Waals surface area contributed by atoms with Gasteiger partial charge in [-0.05, 0) is 59.4 Å². The van der Waals surface area contributed by atoms with Crippen molar-refractivity contribution in [3.8, 4) is 11.1 Å². The first-order valence-electron chi connectivity index (χ1n) is 13.4. The highest BCUT2D eigenvalue weighted by Crippen LogP contribution is 2.31. The predicted octanol–water partition coefficient (Wildman–Crippen LogP) is 4.69. The summed E-state index contributed by atoms with van der Waals surface area (Å²) in [5, 5.41) is -0.953. The lowest BCUT2D eigenvalue weighted by Crippen LogP contribution is -2.31. The van der Waals surface area contributed by atoms with Crippen LogP contribution in [0.1, 0.15) is 40.2 Å². The second-order valence-corrected chi connectivity index (χ2v) is 13.9. The van der Waals surface area contributed by atoms with Crippen LogP contribution in [0.25, 0.3) is 22.2 Å². The molecule has 1 aliphatic heterocycles. The first-order chi connectivity index (χ1) is 20.1. The quantitative estimate of drug-likeness (QED) is 0.236. The fourth-order valence-corrected chi connectivity index (χ4v) is 7.85. The number of aryl methyl sites for hydroxylation is 1. The predicted molar refractivity (Wildman–Crippen MR) is 160 cm³/mol. The Hall–Kier alpha value is -4.32. The number of H-pyrrole nitrogens is 1. The van der Waals surface area contributed by atoms with E-state index < -0.39 is 37.2 Å². The van der Waals surface area contributed by atoms with Crippen molar-refractivity contribution in [1.82, 2.24) is 19.4 Å². The Labute approximate surface area is 244 Å². The summed E-state index contributed by atoms with van der Waals surface area (Å²) in [5.74, 6) is -0.0726. The summed E-state index contributed by atoms with van der Waals surface area (Å²) < 4.78 is 56.7. The highest BCUT2D eigenvalue weighted by atomic mass is 32.2. The molecule has 214 valence electrons. The topological polar surface area (TPSA) is 138 Å². The number of hydrogen-bond acceptors (Lipinski definition) is 6. The van der Waals surface area contributed by atoms with Gasteiger partial charge in [-0.2, -0.15) is 0 Å². The lowest BCUT2D eigenvalue weighted by atomic mass is 10.0. The number of aromatic nitrogens is 2. The molecule has 1 aliphatic rings. The number of hydrogen-bond donors (Lipinski definition) is 3. The van der Waals surface area contributed by atoms with Gasteiger partial charge in [-0.1, -0.05) is 78.9 Å². The van der Waals surface area contributed by atoms with Crippen molar-refractivity contribution in [2.45, 2.75) is 36.0 Å². The molecular formula is C31H28N4O5S2. The van der Waals surface area contributed by atoms with Crippen molar-refractivity contribution < 1.29 is 21.6 Å². The number of benzene rings is 4. The smallest absolute Gasteiger partial charge is 0.242 e. The van der Waals surface area contributed by atoms with Crippen LogP contribution in [0, 0.1) is 6.92 Å². The largest absolute Gasteiger partial charge is 0.341 e. The molecule has 1 fully saturated rings. The molecule has 4 aromatic carbocycles. The summed E-state index contributed by atoms with van der Waals surface area (Å²) >= 11 is 0. The Morgan fingerprint density at radius 3 is 2.24 bits per heavy atom. The highest BCUT2D eigenvalue weighted by Gasteiger charge is 2.37. The summed E-state index contributed by atoms with van der Waals surface area (Å²) in [7, 11) is -7.72. The Morgan fingerprint density at radius 2 is 1.60 bits per heavy atom. The molecule has 0 aliphatic carbocycles. The van der Waals surface area contributed by atoms with E-state index in [0.717, 1.165) is 33.3 Å². The van der Waals surface area contributed by atoms with Gasteiger partial charge < -0.3 is 4.98 Å². The molecule has 11 heteroatoms. The van der Waals surface area contributed by atoms with Crippen LogP contribution < -0.4 is 9.44 Å². The monoisotopic (exact) mass is 600 g/mol. The second-order valence-electron chi connectivity index (χ2n) is 10.4. The van der Waals surface area contributed by atoms with Crippen LogP contribution >= 0.6 is 0 Å². The van der Waals surface area contributed by atoms with Crippen LogP contribution in [0.3, 0.4) is 0 Å². The first-order valence-corrected chi connectivity index (χ1v) is 16.4. The first kappa shape index (κ1) is 27.8. The number of carbonyl (C=O) groups is 1. The van der Waals surface area contributed by atoms with Crippen LogP contribution in [0.5, 0.6) is 0 Å². The molecule has 5 aromatic rings. The van der Waals surface area contributed by atoms with Gasteiger partial charge in [-0.25, -0.2) is 26.5 Å². The van der Waals surface area contributed by atoms with Crippen molar-refractivity contribution in [3.63, 3.8) is 0 Å². The van der Waals surface area contributed by atoms with E-state index in [-0.39, 0.29) is 17.7 Å². The number of nitrogens with zero attached hydrogens (tertiary/aromatic N) is 1. The third-order valence-corrected chi connectivity index (χ3v) is 10.6.